The quantitative estimate of drug-likeness (QED) is 0.513. The van der Waals surface area contributed by atoms with Crippen molar-refractivity contribution in [2.75, 3.05) is 4.72 Å². The molecule has 0 spiro atoms. The number of hydrogen-bond acceptors (Lipinski definition) is 6. The van der Waals surface area contributed by atoms with Crippen molar-refractivity contribution in [1.82, 2.24) is 0 Å². The highest BCUT2D eigenvalue weighted by atomic mass is 32.2. The van der Waals surface area contributed by atoms with Gasteiger partial charge in [-0.1, -0.05) is 12.1 Å². The van der Waals surface area contributed by atoms with E-state index in [-0.39, 0.29) is 11.4 Å². The topological polar surface area (TPSA) is 98.3 Å². The maximum atomic E-state index is 10.8. The van der Waals surface area contributed by atoms with E-state index >= 15 is 0 Å². The predicted octanol–water partition coefficient (Wildman–Crippen LogP) is 3.62. The van der Waals surface area contributed by atoms with Crippen molar-refractivity contribution in [3.63, 3.8) is 0 Å². The summed E-state index contributed by atoms with van der Waals surface area (Å²) >= 11 is 1.08. The Kier molecular flexibility index (Phi) is 4.16. The van der Waals surface area contributed by atoms with E-state index in [0.717, 1.165) is 11.9 Å². The zero-order valence-corrected chi connectivity index (χ0v) is 10.9. The van der Waals surface area contributed by atoms with Gasteiger partial charge in [-0.05, 0) is 30.1 Å². The van der Waals surface area contributed by atoms with Gasteiger partial charge in [0.05, 0.1) is 9.85 Å². The molecule has 0 aliphatic rings. The minimum absolute atomic E-state index is 0.00640. The molecule has 0 heterocycles. The lowest BCUT2D eigenvalue weighted by Crippen LogP contribution is -1.93. The first-order valence-corrected chi connectivity index (χ1v) is 6.30. The molecule has 0 saturated carbocycles. The van der Waals surface area contributed by atoms with Gasteiger partial charge in [0, 0.05) is 23.9 Å². The zero-order valence-electron chi connectivity index (χ0n) is 10.1. The van der Waals surface area contributed by atoms with Gasteiger partial charge in [-0.2, -0.15) is 0 Å². The molecule has 0 fully saturated rings. The van der Waals surface area contributed by atoms with Gasteiger partial charge in [-0.15, -0.1) is 0 Å². The molecule has 0 radical (unpaired) electrons. The summed E-state index contributed by atoms with van der Waals surface area (Å²) in [4.78, 5) is 20.9. The van der Waals surface area contributed by atoms with Crippen LogP contribution in [0.3, 0.4) is 0 Å². The molecule has 0 aliphatic heterocycles. The fraction of sp³-hybridized carbons (Fsp3) is 0. The van der Waals surface area contributed by atoms with E-state index in [1.165, 1.54) is 18.2 Å². The van der Waals surface area contributed by atoms with E-state index in [9.17, 15) is 20.2 Å². The van der Waals surface area contributed by atoms with Gasteiger partial charge < -0.3 is 4.72 Å². The number of rotatable bonds is 5. The highest BCUT2D eigenvalue weighted by Gasteiger charge is 2.13. The number of hydrogen-bond donors (Lipinski definition) is 1. The maximum Gasteiger partial charge on any atom is 0.284 e. The smallest absolute Gasteiger partial charge is 0.284 e. The molecule has 2 aromatic rings. The van der Waals surface area contributed by atoms with Crippen LogP contribution in [0.25, 0.3) is 0 Å². The first-order chi connectivity index (χ1) is 9.58. The Morgan fingerprint density at radius 1 is 0.900 bits per heavy atom. The number of nitrogens with zero attached hydrogens (tertiary/aromatic N) is 2. The van der Waals surface area contributed by atoms with Crippen LogP contribution in [-0.4, -0.2) is 9.85 Å². The van der Waals surface area contributed by atoms with Crippen LogP contribution in [0.5, 0.6) is 0 Å². The second-order valence-electron chi connectivity index (χ2n) is 3.73. The van der Waals surface area contributed by atoms with Crippen molar-refractivity contribution >= 4 is 29.0 Å². The summed E-state index contributed by atoms with van der Waals surface area (Å²) in [5, 5.41) is 21.4. The first kappa shape index (κ1) is 13.8. The maximum absolute atomic E-state index is 10.8. The molecule has 20 heavy (non-hydrogen) atoms. The number of nitro benzene ring substituents is 2. The third kappa shape index (κ3) is 3.23. The number of non-ortho nitro benzene ring substituents is 1. The monoisotopic (exact) mass is 291 g/mol. The average molecular weight is 291 g/mol. The molecule has 2 rings (SSSR count). The molecule has 102 valence electrons. The number of para-hydroxylation sites is 1. The summed E-state index contributed by atoms with van der Waals surface area (Å²) in [6.07, 6.45) is 0. The number of anilines is 1. The molecule has 0 saturated heterocycles. The Morgan fingerprint density at radius 3 is 2.15 bits per heavy atom. The van der Waals surface area contributed by atoms with E-state index < -0.39 is 9.85 Å². The van der Waals surface area contributed by atoms with E-state index in [1.807, 2.05) is 0 Å². The summed E-state index contributed by atoms with van der Waals surface area (Å²) < 4.78 is 2.91. The Bertz CT molecular complexity index is 645. The molecule has 0 aliphatic carbocycles. The summed E-state index contributed by atoms with van der Waals surface area (Å²) in [5.74, 6) is 0. The standard InChI is InChI=1S/C12H9N3O4S/c16-14(17)10-7-5-9(6-8-10)13-20-12-4-2-1-3-11(12)15(18)19/h1-8,13H. The van der Waals surface area contributed by atoms with Gasteiger partial charge in [0.15, 0.2) is 0 Å². The molecule has 7 nitrogen and oxygen atoms in total. The Morgan fingerprint density at radius 2 is 1.55 bits per heavy atom. The van der Waals surface area contributed by atoms with Crippen molar-refractivity contribution in [1.29, 1.82) is 0 Å². The molecule has 1 N–H and O–H groups in total. The van der Waals surface area contributed by atoms with Crippen LogP contribution >= 0.6 is 11.9 Å². The van der Waals surface area contributed by atoms with Crippen LogP contribution in [-0.2, 0) is 0 Å². The van der Waals surface area contributed by atoms with E-state index in [2.05, 4.69) is 4.72 Å². The van der Waals surface area contributed by atoms with Gasteiger partial charge in [0.1, 0.15) is 4.90 Å². The van der Waals surface area contributed by atoms with Crippen LogP contribution < -0.4 is 4.72 Å². The highest BCUT2D eigenvalue weighted by molar-refractivity contribution is 8.00. The summed E-state index contributed by atoms with van der Waals surface area (Å²) in [5.41, 5.74) is 0.622. The summed E-state index contributed by atoms with van der Waals surface area (Å²) in [6.45, 7) is 0. The van der Waals surface area contributed by atoms with Gasteiger partial charge >= 0.3 is 0 Å². The predicted molar refractivity (Wildman–Crippen MR) is 75.7 cm³/mol. The Labute approximate surface area is 118 Å². The largest absolute Gasteiger partial charge is 0.325 e. The molecular weight excluding hydrogens is 282 g/mol. The number of nitrogens with one attached hydrogen (secondary N) is 1. The molecule has 0 aromatic heterocycles. The van der Waals surface area contributed by atoms with Crippen LogP contribution in [0.15, 0.2) is 53.4 Å². The molecule has 0 amide bonds. The first-order valence-electron chi connectivity index (χ1n) is 5.48. The Hall–Kier alpha value is -2.61. The second kappa shape index (κ2) is 6.02. The Balaban J connectivity index is 2.09. The van der Waals surface area contributed by atoms with Crippen molar-refractivity contribution in [2.45, 2.75) is 4.90 Å². The lowest BCUT2D eigenvalue weighted by atomic mass is 10.3. The third-order valence-electron chi connectivity index (χ3n) is 2.42. The van der Waals surface area contributed by atoms with Crippen molar-refractivity contribution in [3.05, 3.63) is 68.8 Å². The molecule has 0 bridgehead atoms. The molecular formula is C12H9N3O4S. The number of benzene rings is 2. The normalized spacial score (nSPS) is 10.0. The lowest BCUT2D eigenvalue weighted by molar-refractivity contribution is -0.387. The van der Waals surface area contributed by atoms with E-state index in [4.69, 9.17) is 0 Å². The van der Waals surface area contributed by atoms with E-state index in [1.54, 1.807) is 30.3 Å². The van der Waals surface area contributed by atoms with Crippen molar-refractivity contribution < 1.29 is 9.85 Å². The van der Waals surface area contributed by atoms with Crippen molar-refractivity contribution in [2.24, 2.45) is 0 Å². The fourth-order valence-electron chi connectivity index (χ4n) is 1.46. The minimum atomic E-state index is -0.487. The molecule has 0 atom stereocenters. The lowest BCUT2D eigenvalue weighted by Gasteiger charge is -2.05. The van der Waals surface area contributed by atoms with Crippen LogP contribution in [0.1, 0.15) is 0 Å². The highest BCUT2D eigenvalue weighted by Crippen LogP contribution is 2.29. The van der Waals surface area contributed by atoms with Crippen LogP contribution in [0.4, 0.5) is 17.1 Å². The number of nitro groups is 2. The summed E-state index contributed by atoms with van der Waals surface area (Å²) in [6, 6.07) is 12.1. The molecule has 2 aromatic carbocycles. The molecule has 0 unspecified atom stereocenters. The van der Waals surface area contributed by atoms with Crippen LogP contribution in [0, 0.1) is 20.2 Å². The van der Waals surface area contributed by atoms with Crippen LogP contribution in [0.2, 0.25) is 0 Å². The zero-order chi connectivity index (χ0) is 14.5. The van der Waals surface area contributed by atoms with Gasteiger partial charge in [0.25, 0.3) is 11.4 Å². The van der Waals surface area contributed by atoms with Gasteiger partial charge in [0.2, 0.25) is 0 Å². The third-order valence-corrected chi connectivity index (χ3v) is 3.32. The van der Waals surface area contributed by atoms with Crippen molar-refractivity contribution in [3.8, 4) is 0 Å². The SMILES string of the molecule is O=[N+]([O-])c1ccc(NSc2ccccc2[N+](=O)[O-])cc1. The second-order valence-corrected chi connectivity index (χ2v) is 4.58. The fourth-order valence-corrected chi connectivity index (χ4v) is 2.22. The minimum Gasteiger partial charge on any atom is -0.325 e. The van der Waals surface area contributed by atoms with Gasteiger partial charge in [-0.3, -0.25) is 20.2 Å². The van der Waals surface area contributed by atoms with Gasteiger partial charge in [-0.25, -0.2) is 0 Å². The summed E-state index contributed by atoms with van der Waals surface area (Å²) in [7, 11) is 0. The average Bonchev–Trinajstić information content (AvgIpc) is 2.45. The molecule has 8 heteroatoms. The van der Waals surface area contributed by atoms with E-state index in [0.29, 0.717) is 10.6 Å².